The molecular formula is C19H24N2O3S. The van der Waals surface area contributed by atoms with Crippen LogP contribution in [0.4, 0.5) is 0 Å². The number of thiazole rings is 1. The predicted octanol–water partition coefficient (Wildman–Crippen LogP) is 3.53. The first kappa shape index (κ1) is 19.1. The number of carbonyl (C=O) groups excluding carboxylic acids is 1. The van der Waals surface area contributed by atoms with Gasteiger partial charge in [-0.25, -0.2) is 9.78 Å². The van der Waals surface area contributed by atoms with E-state index in [1.807, 2.05) is 31.4 Å². The summed E-state index contributed by atoms with van der Waals surface area (Å²) in [7, 11) is 0. The molecule has 0 saturated carbocycles. The molecule has 0 bridgehead atoms. The highest BCUT2D eigenvalue weighted by Crippen LogP contribution is 2.24. The van der Waals surface area contributed by atoms with Gasteiger partial charge in [-0.15, -0.1) is 11.3 Å². The van der Waals surface area contributed by atoms with E-state index in [2.05, 4.69) is 29.4 Å². The molecule has 1 aromatic carbocycles. The molecular weight excluding hydrogens is 336 g/mol. The van der Waals surface area contributed by atoms with Gasteiger partial charge in [-0.2, -0.15) is 0 Å². The molecule has 1 heterocycles. The molecule has 2 rings (SSSR count). The van der Waals surface area contributed by atoms with Crippen molar-refractivity contribution in [3.05, 3.63) is 40.9 Å². The molecule has 0 unspecified atom stereocenters. The lowest BCUT2D eigenvalue weighted by atomic mass is 9.99. The number of carbonyl (C=O) groups is 2. The van der Waals surface area contributed by atoms with Crippen molar-refractivity contribution in [2.45, 2.75) is 46.1 Å². The number of rotatable bonds is 8. The highest BCUT2D eigenvalue weighted by atomic mass is 32.1. The monoisotopic (exact) mass is 360 g/mol. The third-order valence-electron chi connectivity index (χ3n) is 4.30. The van der Waals surface area contributed by atoms with Gasteiger partial charge < -0.3 is 10.4 Å². The number of aliphatic carboxylic acids is 1. The van der Waals surface area contributed by atoms with E-state index in [0.717, 1.165) is 17.0 Å². The SMILES string of the molecule is CCc1ccc(-c2nc(CC(=O)N[C@H](C(=O)O)[C@@H](C)CC)cs2)cc1. The number of carboxylic acids is 1. The number of aromatic nitrogens is 1. The number of benzene rings is 1. The Morgan fingerprint density at radius 1 is 1.24 bits per heavy atom. The van der Waals surface area contributed by atoms with Crippen molar-refractivity contribution in [3.8, 4) is 10.6 Å². The zero-order chi connectivity index (χ0) is 18.4. The summed E-state index contributed by atoms with van der Waals surface area (Å²) in [5.41, 5.74) is 2.95. The fourth-order valence-electron chi connectivity index (χ4n) is 2.48. The summed E-state index contributed by atoms with van der Waals surface area (Å²) in [6.45, 7) is 5.84. The molecule has 1 aromatic heterocycles. The van der Waals surface area contributed by atoms with Crippen LogP contribution in [-0.4, -0.2) is 28.0 Å². The second-order valence-corrected chi connectivity index (χ2v) is 7.00. The Hall–Kier alpha value is -2.21. The first-order valence-electron chi connectivity index (χ1n) is 8.50. The van der Waals surface area contributed by atoms with Gasteiger partial charge in [0.2, 0.25) is 5.91 Å². The van der Waals surface area contributed by atoms with E-state index < -0.39 is 12.0 Å². The van der Waals surface area contributed by atoms with E-state index >= 15 is 0 Å². The molecule has 0 fully saturated rings. The molecule has 0 spiro atoms. The fourth-order valence-corrected chi connectivity index (χ4v) is 3.30. The average molecular weight is 360 g/mol. The quantitative estimate of drug-likeness (QED) is 0.755. The van der Waals surface area contributed by atoms with Crippen molar-refractivity contribution in [1.29, 1.82) is 0 Å². The van der Waals surface area contributed by atoms with Crippen molar-refractivity contribution in [2.75, 3.05) is 0 Å². The number of nitrogens with zero attached hydrogens (tertiary/aromatic N) is 1. The van der Waals surface area contributed by atoms with Gasteiger partial charge in [0.1, 0.15) is 11.0 Å². The predicted molar refractivity (Wildman–Crippen MR) is 99.7 cm³/mol. The summed E-state index contributed by atoms with van der Waals surface area (Å²) in [5, 5.41) is 14.6. The van der Waals surface area contributed by atoms with Gasteiger partial charge >= 0.3 is 5.97 Å². The highest BCUT2D eigenvalue weighted by Gasteiger charge is 2.25. The fraction of sp³-hybridized carbons (Fsp3) is 0.421. The first-order chi connectivity index (χ1) is 11.9. The molecule has 25 heavy (non-hydrogen) atoms. The van der Waals surface area contributed by atoms with Crippen molar-refractivity contribution < 1.29 is 14.7 Å². The molecule has 6 heteroatoms. The minimum Gasteiger partial charge on any atom is -0.480 e. The zero-order valence-corrected chi connectivity index (χ0v) is 15.6. The molecule has 134 valence electrons. The van der Waals surface area contributed by atoms with Crippen LogP contribution in [0.25, 0.3) is 10.6 Å². The first-order valence-corrected chi connectivity index (χ1v) is 9.38. The summed E-state index contributed by atoms with van der Waals surface area (Å²) in [5.74, 6) is -1.44. The van der Waals surface area contributed by atoms with Crippen LogP contribution in [0.2, 0.25) is 0 Å². The molecule has 0 aliphatic heterocycles. The van der Waals surface area contributed by atoms with Crippen LogP contribution >= 0.6 is 11.3 Å². The standard InChI is InChI=1S/C19H24N2O3S/c1-4-12(3)17(19(23)24)21-16(22)10-15-11-25-18(20-15)14-8-6-13(5-2)7-9-14/h6-9,11-12,17H,4-5,10H2,1-3H3,(H,21,22)(H,23,24)/t12-,17-/m0/s1. The van der Waals surface area contributed by atoms with Crippen LogP contribution < -0.4 is 5.32 Å². The van der Waals surface area contributed by atoms with Gasteiger partial charge in [-0.1, -0.05) is 51.5 Å². The van der Waals surface area contributed by atoms with Crippen LogP contribution in [0, 0.1) is 5.92 Å². The van der Waals surface area contributed by atoms with Crippen LogP contribution in [-0.2, 0) is 22.4 Å². The second kappa shape index (κ2) is 8.76. The molecule has 2 atom stereocenters. The third kappa shape index (κ3) is 5.13. The summed E-state index contributed by atoms with van der Waals surface area (Å²) in [6.07, 6.45) is 1.76. The van der Waals surface area contributed by atoms with Gasteiger partial charge in [-0.05, 0) is 17.9 Å². The lowest BCUT2D eigenvalue weighted by molar-refractivity contribution is -0.143. The van der Waals surface area contributed by atoms with Gasteiger partial charge in [0, 0.05) is 10.9 Å². The van der Waals surface area contributed by atoms with Crippen molar-refractivity contribution >= 4 is 23.2 Å². The Labute approximate surface area is 152 Å². The number of aryl methyl sites for hydroxylation is 1. The van der Waals surface area contributed by atoms with E-state index in [9.17, 15) is 14.7 Å². The normalized spacial score (nSPS) is 13.2. The minimum absolute atomic E-state index is 0.0871. The second-order valence-electron chi connectivity index (χ2n) is 6.14. The van der Waals surface area contributed by atoms with Gasteiger partial charge in [0.25, 0.3) is 0 Å². The molecule has 5 nitrogen and oxygen atoms in total. The zero-order valence-electron chi connectivity index (χ0n) is 14.8. The van der Waals surface area contributed by atoms with E-state index in [1.54, 1.807) is 0 Å². The number of hydrogen-bond donors (Lipinski definition) is 2. The molecule has 0 saturated heterocycles. The van der Waals surface area contributed by atoms with Crippen LogP contribution in [0.5, 0.6) is 0 Å². The molecule has 2 aromatic rings. The van der Waals surface area contributed by atoms with Gasteiger partial charge in [0.15, 0.2) is 0 Å². The van der Waals surface area contributed by atoms with Crippen LogP contribution in [0.3, 0.4) is 0 Å². The molecule has 0 radical (unpaired) electrons. The molecule has 1 amide bonds. The van der Waals surface area contributed by atoms with Crippen molar-refractivity contribution in [2.24, 2.45) is 5.92 Å². The largest absolute Gasteiger partial charge is 0.480 e. The highest BCUT2D eigenvalue weighted by molar-refractivity contribution is 7.13. The maximum absolute atomic E-state index is 12.2. The molecule has 0 aliphatic carbocycles. The minimum atomic E-state index is -1.00. The summed E-state index contributed by atoms with van der Waals surface area (Å²) < 4.78 is 0. The van der Waals surface area contributed by atoms with E-state index in [1.165, 1.54) is 16.9 Å². The van der Waals surface area contributed by atoms with E-state index in [-0.39, 0.29) is 18.2 Å². The van der Waals surface area contributed by atoms with Gasteiger partial charge in [-0.3, -0.25) is 4.79 Å². The Morgan fingerprint density at radius 3 is 2.48 bits per heavy atom. The summed E-state index contributed by atoms with van der Waals surface area (Å²) in [6, 6.07) is 7.35. The molecule has 0 aliphatic rings. The number of nitrogens with one attached hydrogen (secondary N) is 1. The number of hydrogen-bond acceptors (Lipinski definition) is 4. The maximum atomic E-state index is 12.2. The Morgan fingerprint density at radius 2 is 1.92 bits per heavy atom. The van der Waals surface area contributed by atoms with E-state index in [4.69, 9.17) is 0 Å². The van der Waals surface area contributed by atoms with Crippen molar-refractivity contribution in [3.63, 3.8) is 0 Å². The topological polar surface area (TPSA) is 79.3 Å². The van der Waals surface area contributed by atoms with Crippen LogP contribution in [0.1, 0.15) is 38.4 Å². The summed E-state index contributed by atoms with van der Waals surface area (Å²) >= 11 is 1.49. The lowest BCUT2D eigenvalue weighted by Gasteiger charge is -2.19. The number of carboxylic acid groups (broad SMARTS) is 1. The van der Waals surface area contributed by atoms with E-state index in [0.29, 0.717) is 12.1 Å². The van der Waals surface area contributed by atoms with Crippen molar-refractivity contribution in [1.82, 2.24) is 10.3 Å². The Balaban J connectivity index is 2.02. The lowest BCUT2D eigenvalue weighted by Crippen LogP contribution is -2.45. The van der Waals surface area contributed by atoms with Gasteiger partial charge in [0.05, 0.1) is 12.1 Å². The number of amides is 1. The maximum Gasteiger partial charge on any atom is 0.326 e. The smallest absolute Gasteiger partial charge is 0.326 e. The average Bonchev–Trinajstić information content (AvgIpc) is 3.07. The Kier molecular flexibility index (Phi) is 6.70. The third-order valence-corrected chi connectivity index (χ3v) is 5.24. The van der Waals surface area contributed by atoms with Crippen LogP contribution in [0.15, 0.2) is 29.6 Å². The molecule has 2 N–H and O–H groups in total. The summed E-state index contributed by atoms with van der Waals surface area (Å²) in [4.78, 5) is 28.0. The Bertz CT molecular complexity index is 725.